The first-order valence-corrected chi connectivity index (χ1v) is 4.00. The second-order valence-corrected chi connectivity index (χ2v) is 2.92. The van der Waals surface area contributed by atoms with Gasteiger partial charge >= 0.3 is 5.97 Å². The minimum absolute atomic E-state index is 0.139. The van der Waals surface area contributed by atoms with Crippen molar-refractivity contribution in [3.63, 3.8) is 0 Å². The van der Waals surface area contributed by atoms with Gasteiger partial charge in [0.15, 0.2) is 5.78 Å². The van der Waals surface area contributed by atoms with Crippen molar-refractivity contribution in [1.29, 1.82) is 0 Å². The summed E-state index contributed by atoms with van der Waals surface area (Å²) in [6, 6.07) is -0.850. The number of ketones is 1. The summed E-state index contributed by atoms with van der Waals surface area (Å²) in [7, 11) is 0. The fourth-order valence-electron chi connectivity index (χ4n) is 0.855. The van der Waals surface area contributed by atoms with Gasteiger partial charge in [-0.05, 0) is 6.42 Å². The van der Waals surface area contributed by atoms with E-state index in [2.05, 4.69) is 0 Å². The van der Waals surface area contributed by atoms with E-state index in [9.17, 15) is 9.59 Å². The minimum Gasteiger partial charge on any atom is -0.481 e. The predicted octanol–water partition coefficient (Wildman–Crippen LogP) is 0.404. The van der Waals surface area contributed by atoms with Crippen LogP contribution in [0.3, 0.4) is 0 Å². The lowest BCUT2D eigenvalue weighted by atomic mass is 9.96. The molecule has 0 heterocycles. The number of aliphatic carboxylic acids is 1. The SMILES string of the molecule is CCC(C)C(=O)C(N)CC(=O)O. The molecule has 2 atom stereocenters. The zero-order valence-electron chi connectivity index (χ0n) is 7.41. The summed E-state index contributed by atoms with van der Waals surface area (Å²) in [5, 5.41) is 8.36. The normalized spacial score (nSPS) is 15.2. The molecule has 4 nitrogen and oxygen atoms in total. The molecular weight excluding hydrogens is 158 g/mol. The second-order valence-electron chi connectivity index (χ2n) is 2.92. The number of carboxylic acid groups (broad SMARTS) is 1. The molecule has 0 fully saturated rings. The van der Waals surface area contributed by atoms with E-state index in [1.165, 1.54) is 0 Å². The van der Waals surface area contributed by atoms with Gasteiger partial charge < -0.3 is 10.8 Å². The Labute approximate surface area is 71.8 Å². The first-order chi connectivity index (χ1) is 5.49. The molecule has 0 radical (unpaired) electrons. The number of hydrogen-bond donors (Lipinski definition) is 2. The van der Waals surface area contributed by atoms with Gasteiger partial charge in [0, 0.05) is 5.92 Å². The first-order valence-electron chi connectivity index (χ1n) is 4.00. The Balaban J connectivity index is 4.01. The van der Waals surface area contributed by atoms with Crippen molar-refractivity contribution < 1.29 is 14.7 Å². The van der Waals surface area contributed by atoms with Gasteiger partial charge in [-0.25, -0.2) is 0 Å². The number of rotatable bonds is 5. The van der Waals surface area contributed by atoms with Gasteiger partial charge in [0.2, 0.25) is 0 Å². The maximum absolute atomic E-state index is 11.2. The van der Waals surface area contributed by atoms with Gasteiger partial charge in [0.05, 0.1) is 12.5 Å². The molecule has 0 aromatic rings. The summed E-state index contributed by atoms with van der Waals surface area (Å²) in [6.07, 6.45) is 0.426. The van der Waals surface area contributed by atoms with E-state index in [4.69, 9.17) is 10.8 Å². The van der Waals surface area contributed by atoms with E-state index >= 15 is 0 Å². The zero-order chi connectivity index (χ0) is 9.72. The molecule has 0 amide bonds. The first kappa shape index (κ1) is 11.1. The number of carbonyl (C=O) groups is 2. The van der Waals surface area contributed by atoms with Crippen molar-refractivity contribution in [2.24, 2.45) is 11.7 Å². The highest BCUT2D eigenvalue weighted by atomic mass is 16.4. The van der Waals surface area contributed by atoms with E-state index in [-0.39, 0.29) is 18.1 Å². The molecule has 0 aromatic heterocycles. The molecule has 0 saturated carbocycles. The van der Waals surface area contributed by atoms with Gasteiger partial charge in [-0.3, -0.25) is 9.59 Å². The lowest BCUT2D eigenvalue weighted by molar-refractivity contribution is -0.139. The highest BCUT2D eigenvalue weighted by Crippen LogP contribution is 2.06. The molecule has 0 rings (SSSR count). The summed E-state index contributed by atoms with van der Waals surface area (Å²) in [5.41, 5.74) is 5.36. The molecule has 0 aliphatic carbocycles. The van der Waals surface area contributed by atoms with Gasteiger partial charge in [-0.2, -0.15) is 0 Å². The second kappa shape index (κ2) is 4.87. The number of Topliss-reactive ketones (excluding diaryl/α,β-unsaturated/α-hetero) is 1. The highest BCUT2D eigenvalue weighted by molar-refractivity contribution is 5.89. The van der Waals surface area contributed by atoms with Gasteiger partial charge in [-0.15, -0.1) is 0 Å². The van der Waals surface area contributed by atoms with Crippen LogP contribution in [0.2, 0.25) is 0 Å². The lowest BCUT2D eigenvalue weighted by Crippen LogP contribution is -2.36. The molecule has 0 saturated heterocycles. The third-order valence-electron chi connectivity index (χ3n) is 1.86. The zero-order valence-corrected chi connectivity index (χ0v) is 7.41. The lowest BCUT2D eigenvalue weighted by Gasteiger charge is -2.12. The van der Waals surface area contributed by atoms with Crippen LogP contribution >= 0.6 is 0 Å². The summed E-state index contributed by atoms with van der Waals surface area (Å²) in [4.78, 5) is 21.4. The number of carbonyl (C=O) groups excluding carboxylic acids is 1. The molecule has 4 heteroatoms. The summed E-state index contributed by atoms with van der Waals surface area (Å²) in [5.74, 6) is -1.33. The van der Waals surface area contributed by atoms with Crippen LogP contribution in [0.25, 0.3) is 0 Å². The third kappa shape index (κ3) is 3.48. The molecule has 0 aromatic carbocycles. The largest absolute Gasteiger partial charge is 0.481 e. The molecule has 12 heavy (non-hydrogen) atoms. The van der Waals surface area contributed by atoms with E-state index in [1.807, 2.05) is 6.92 Å². The molecular formula is C8H15NO3. The molecule has 0 aliphatic heterocycles. The monoisotopic (exact) mass is 173 g/mol. The molecule has 0 bridgehead atoms. The van der Waals surface area contributed by atoms with Crippen molar-refractivity contribution in [2.75, 3.05) is 0 Å². The Bertz CT molecular complexity index is 179. The van der Waals surface area contributed by atoms with E-state index < -0.39 is 12.0 Å². The number of carboxylic acids is 1. The van der Waals surface area contributed by atoms with Crippen LogP contribution in [0.5, 0.6) is 0 Å². The molecule has 3 N–H and O–H groups in total. The highest BCUT2D eigenvalue weighted by Gasteiger charge is 2.20. The van der Waals surface area contributed by atoms with Crippen LogP contribution in [-0.2, 0) is 9.59 Å². The summed E-state index contributed by atoms with van der Waals surface area (Å²) in [6.45, 7) is 3.63. The van der Waals surface area contributed by atoms with Crippen molar-refractivity contribution in [3.8, 4) is 0 Å². The van der Waals surface area contributed by atoms with Gasteiger partial charge in [-0.1, -0.05) is 13.8 Å². The van der Waals surface area contributed by atoms with E-state index in [1.54, 1.807) is 6.92 Å². The van der Waals surface area contributed by atoms with Crippen LogP contribution in [0.1, 0.15) is 26.7 Å². The molecule has 2 unspecified atom stereocenters. The van der Waals surface area contributed by atoms with Crippen LogP contribution in [0, 0.1) is 5.92 Å². The predicted molar refractivity (Wildman–Crippen MR) is 44.7 cm³/mol. The van der Waals surface area contributed by atoms with E-state index in [0.29, 0.717) is 6.42 Å². The quantitative estimate of drug-likeness (QED) is 0.630. The Kier molecular flexibility index (Phi) is 4.51. The fraction of sp³-hybridized carbons (Fsp3) is 0.750. The number of hydrogen-bond acceptors (Lipinski definition) is 3. The fourth-order valence-corrected chi connectivity index (χ4v) is 0.855. The van der Waals surface area contributed by atoms with Crippen LogP contribution < -0.4 is 5.73 Å². The summed E-state index contributed by atoms with van der Waals surface area (Å²) >= 11 is 0. The average Bonchev–Trinajstić information content (AvgIpc) is 2.00. The van der Waals surface area contributed by atoms with Crippen molar-refractivity contribution in [3.05, 3.63) is 0 Å². The van der Waals surface area contributed by atoms with Crippen molar-refractivity contribution >= 4 is 11.8 Å². The third-order valence-corrected chi connectivity index (χ3v) is 1.86. The Hall–Kier alpha value is -0.900. The average molecular weight is 173 g/mol. The topological polar surface area (TPSA) is 80.4 Å². The molecule has 0 spiro atoms. The minimum atomic E-state index is -1.03. The molecule has 70 valence electrons. The van der Waals surface area contributed by atoms with Crippen LogP contribution in [-0.4, -0.2) is 22.9 Å². The Morgan fingerprint density at radius 1 is 1.50 bits per heavy atom. The summed E-state index contributed by atoms with van der Waals surface area (Å²) < 4.78 is 0. The Morgan fingerprint density at radius 2 is 2.00 bits per heavy atom. The maximum atomic E-state index is 11.2. The van der Waals surface area contributed by atoms with Gasteiger partial charge in [0.25, 0.3) is 0 Å². The Morgan fingerprint density at radius 3 is 2.33 bits per heavy atom. The van der Waals surface area contributed by atoms with Crippen LogP contribution in [0.15, 0.2) is 0 Å². The smallest absolute Gasteiger partial charge is 0.305 e. The van der Waals surface area contributed by atoms with Gasteiger partial charge in [0.1, 0.15) is 0 Å². The number of nitrogens with two attached hydrogens (primary N) is 1. The maximum Gasteiger partial charge on any atom is 0.305 e. The van der Waals surface area contributed by atoms with E-state index in [0.717, 1.165) is 0 Å². The van der Waals surface area contributed by atoms with Crippen molar-refractivity contribution in [2.45, 2.75) is 32.7 Å². The van der Waals surface area contributed by atoms with Crippen molar-refractivity contribution in [1.82, 2.24) is 0 Å². The molecule has 0 aliphatic rings. The standard InChI is InChI=1S/C8H15NO3/c1-3-5(2)8(12)6(9)4-7(10)11/h5-6H,3-4,9H2,1-2H3,(H,10,11). The van der Waals surface area contributed by atoms with Crippen LogP contribution in [0.4, 0.5) is 0 Å².